The van der Waals surface area contributed by atoms with Gasteiger partial charge < -0.3 is 4.79 Å². The molecular formula is C28H27N3OS. The van der Waals surface area contributed by atoms with E-state index in [1.165, 1.54) is 16.7 Å². The lowest BCUT2D eigenvalue weighted by molar-refractivity contribution is -0.113. The number of nitrogens with zero attached hydrogens (tertiary/aromatic N) is 3. The Kier molecular flexibility index (Phi) is 6.70. The monoisotopic (exact) mass is 453 g/mol. The summed E-state index contributed by atoms with van der Waals surface area (Å²) < 4.78 is 0. The molecular weight excluding hydrogens is 426 g/mol. The molecule has 1 saturated heterocycles. The molecule has 3 heterocycles. The van der Waals surface area contributed by atoms with Gasteiger partial charge in [-0.15, -0.1) is 11.3 Å². The van der Waals surface area contributed by atoms with Gasteiger partial charge in [0, 0.05) is 47.7 Å². The Bertz CT molecular complexity index is 1190. The lowest BCUT2D eigenvalue weighted by Gasteiger charge is -2.35. The molecule has 0 N–H and O–H groups in total. The third-order valence-electron chi connectivity index (χ3n) is 6.47. The molecule has 2 aromatic carbocycles. The van der Waals surface area contributed by atoms with E-state index in [9.17, 15) is 4.79 Å². The summed E-state index contributed by atoms with van der Waals surface area (Å²) in [5.74, 6) is 0. The Morgan fingerprint density at radius 1 is 0.970 bits per heavy atom. The molecule has 33 heavy (non-hydrogen) atoms. The van der Waals surface area contributed by atoms with Crippen molar-refractivity contribution in [1.82, 2.24) is 14.9 Å². The van der Waals surface area contributed by atoms with Crippen molar-refractivity contribution < 1.29 is 4.79 Å². The van der Waals surface area contributed by atoms with Gasteiger partial charge in [0.2, 0.25) is 0 Å². The highest BCUT2D eigenvalue weighted by molar-refractivity contribution is 7.13. The minimum Gasteiger partial charge on any atom is -0.302 e. The minimum atomic E-state index is -0.0945. The zero-order chi connectivity index (χ0) is 22.5. The van der Waals surface area contributed by atoms with E-state index < -0.39 is 0 Å². The molecule has 4 nitrogen and oxygen atoms in total. The first kappa shape index (κ1) is 21.7. The molecule has 2 unspecified atom stereocenters. The number of benzene rings is 2. The van der Waals surface area contributed by atoms with Crippen LogP contribution in [-0.2, 0) is 11.3 Å². The number of carbonyl (C=O) groups excluding carboxylic acids is 1. The SMILES string of the molecule is O=CC1CCCCC(c2ccccc2-c2cccnc2)N1Cc1cccc(-c2nccs2)c1. The van der Waals surface area contributed by atoms with Crippen molar-refractivity contribution in [2.45, 2.75) is 44.3 Å². The Labute approximate surface area is 199 Å². The molecule has 4 aromatic rings. The van der Waals surface area contributed by atoms with Gasteiger partial charge in [-0.3, -0.25) is 9.88 Å². The van der Waals surface area contributed by atoms with Crippen LogP contribution < -0.4 is 0 Å². The topological polar surface area (TPSA) is 46.1 Å². The van der Waals surface area contributed by atoms with Crippen LogP contribution in [0.2, 0.25) is 0 Å². The van der Waals surface area contributed by atoms with E-state index in [1.54, 1.807) is 11.3 Å². The molecule has 0 spiro atoms. The van der Waals surface area contributed by atoms with Gasteiger partial charge in [0.05, 0.1) is 6.04 Å². The Balaban J connectivity index is 1.53. The summed E-state index contributed by atoms with van der Waals surface area (Å²) in [5.41, 5.74) is 5.93. The van der Waals surface area contributed by atoms with Crippen LogP contribution in [-0.4, -0.2) is 27.2 Å². The van der Waals surface area contributed by atoms with E-state index in [0.29, 0.717) is 0 Å². The van der Waals surface area contributed by atoms with Crippen molar-refractivity contribution in [3.8, 4) is 21.7 Å². The van der Waals surface area contributed by atoms with E-state index in [2.05, 4.69) is 69.5 Å². The lowest BCUT2D eigenvalue weighted by Crippen LogP contribution is -2.38. The Hall–Kier alpha value is -3.15. The second-order valence-corrected chi connectivity index (χ2v) is 9.44. The Morgan fingerprint density at radius 2 is 1.85 bits per heavy atom. The van der Waals surface area contributed by atoms with E-state index >= 15 is 0 Å². The molecule has 5 rings (SSSR count). The summed E-state index contributed by atoms with van der Waals surface area (Å²) in [5, 5.41) is 3.03. The second-order valence-electron chi connectivity index (χ2n) is 8.54. The normalized spacial score (nSPS) is 19.2. The van der Waals surface area contributed by atoms with E-state index in [-0.39, 0.29) is 12.1 Å². The summed E-state index contributed by atoms with van der Waals surface area (Å²) in [6.07, 6.45) is 10.9. The van der Waals surface area contributed by atoms with Crippen LogP contribution in [0.4, 0.5) is 0 Å². The summed E-state index contributed by atoms with van der Waals surface area (Å²) in [6, 6.07) is 21.3. The number of aldehydes is 1. The van der Waals surface area contributed by atoms with Crippen molar-refractivity contribution in [3.05, 3.63) is 95.8 Å². The number of pyridine rings is 1. The predicted octanol–water partition coefficient (Wildman–Crippen LogP) is 6.56. The summed E-state index contributed by atoms with van der Waals surface area (Å²) in [7, 11) is 0. The van der Waals surface area contributed by atoms with Crippen LogP contribution in [0.5, 0.6) is 0 Å². The van der Waals surface area contributed by atoms with Crippen molar-refractivity contribution in [2.75, 3.05) is 0 Å². The lowest BCUT2D eigenvalue weighted by atomic mass is 9.92. The van der Waals surface area contributed by atoms with Crippen LogP contribution in [0.3, 0.4) is 0 Å². The molecule has 2 atom stereocenters. The average molecular weight is 454 g/mol. The standard InChI is InChI=1S/C28H27N3OS/c32-20-24-10-1-4-13-27(26-12-3-2-11-25(26)23-9-6-14-29-18-23)31(24)19-21-7-5-8-22(17-21)28-30-15-16-33-28/h2-3,5-9,11-12,14-18,20,24,27H,1,4,10,13,19H2. The maximum absolute atomic E-state index is 12.2. The molecule has 0 radical (unpaired) electrons. The predicted molar refractivity (Wildman–Crippen MR) is 134 cm³/mol. The number of likely N-dealkylation sites (tertiary alicyclic amines) is 1. The molecule has 5 heteroatoms. The highest BCUT2D eigenvalue weighted by Crippen LogP contribution is 2.39. The molecule has 0 saturated carbocycles. The van der Waals surface area contributed by atoms with E-state index in [4.69, 9.17) is 0 Å². The first-order chi connectivity index (χ1) is 16.3. The van der Waals surface area contributed by atoms with Gasteiger partial charge in [0.15, 0.2) is 0 Å². The summed E-state index contributed by atoms with van der Waals surface area (Å²) in [6.45, 7) is 0.731. The highest BCUT2D eigenvalue weighted by Gasteiger charge is 2.31. The van der Waals surface area contributed by atoms with Crippen molar-refractivity contribution in [3.63, 3.8) is 0 Å². The molecule has 1 aliphatic rings. The molecule has 0 amide bonds. The molecule has 0 aliphatic carbocycles. The van der Waals surface area contributed by atoms with Crippen LogP contribution in [0.15, 0.2) is 84.6 Å². The van der Waals surface area contributed by atoms with E-state index in [1.807, 2.05) is 30.0 Å². The number of hydrogen-bond acceptors (Lipinski definition) is 5. The molecule has 166 valence electrons. The third kappa shape index (κ3) is 4.80. The fourth-order valence-electron chi connectivity index (χ4n) is 4.91. The number of carbonyl (C=O) groups is 1. The second kappa shape index (κ2) is 10.2. The third-order valence-corrected chi connectivity index (χ3v) is 7.30. The number of thiazole rings is 1. The quantitative estimate of drug-likeness (QED) is 0.310. The molecule has 2 aromatic heterocycles. The first-order valence-corrected chi connectivity index (χ1v) is 12.4. The smallest absolute Gasteiger partial charge is 0.137 e. The van der Waals surface area contributed by atoms with Gasteiger partial charge >= 0.3 is 0 Å². The first-order valence-electron chi connectivity index (χ1n) is 11.5. The van der Waals surface area contributed by atoms with Crippen molar-refractivity contribution >= 4 is 17.6 Å². The van der Waals surface area contributed by atoms with Gasteiger partial charge in [0.1, 0.15) is 11.3 Å². The van der Waals surface area contributed by atoms with Gasteiger partial charge in [-0.25, -0.2) is 4.98 Å². The maximum atomic E-state index is 12.2. The van der Waals surface area contributed by atoms with Crippen LogP contribution in [0, 0.1) is 0 Å². The van der Waals surface area contributed by atoms with Gasteiger partial charge in [-0.05, 0) is 41.7 Å². The van der Waals surface area contributed by atoms with Crippen LogP contribution in [0.1, 0.15) is 42.9 Å². The zero-order valence-corrected chi connectivity index (χ0v) is 19.3. The zero-order valence-electron chi connectivity index (χ0n) is 18.5. The van der Waals surface area contributed by atoms with Gasteiger partial charge in [-0.1, -0.05) is 61.4 Å². The van der Waals surface area contributed by atoms with Gasteiger partial charge in [0.25, 0.3) is 0 Å². The highest BCUT2D eigenvalue weighted by atomic mass is 32.1. The van der Waals surface area contributed by atoms with Crippen LogP contribution in [0.25, 0.3) is 21.7 Å². The fraction of sp³-hybridized carbons (Fsp3) is 0.250. The summed E-state index contributed by atoms with van der Waals surface area (Å²) >= 11 is 1.65. The number of aromatic nitrogens is 2. The minimum absolute atomic E-state index is 0.0945. The molecule has 1 fully saturated rings. The van der Waals surface area contributed by atoms with Crippen molar-refractivity contribution in [1.29, 1.82) is 0 Å². The maximum Gasteiger partial charge on any atom is 0.137 e. The van der Waals surface area contributed by atoms with Crippen molar-refractivity contribution in [2.24, 2.45) is 0 Å². The fourth-order valence-corrected chi connectivity index (χ4v) is 5.55. The largest absolute Gasteiger partial charge is 0.302 e. The molecule has 1 aliphatic heterocycles. The van der Waals surface area contributed by atoms with E-state index in [0.717, 1.165) is 54.6 Å². The number of hydrogen-bond donors (Lipinski definition) is 0. The Morgan fingerprint density at radius 3 is 2.67 bits per heavy atom. The summed E-state index contributed by atoms with van der Waals surface area (Å²) in [4.78, 5) is 23.5. The van der Waals surface area contributed by atoms with Gasteiger partial charge in [-0.2, -0.15) is 0 Å². The average Bonchev–Trinajstić information content (AvgIpc) is 3.34. The molecule has 0 bridgehead atoms. The van der Waals surface area contributed by atoms with Crippen LogP contribution >= 0.6 is 11.3 Å². The number of rotatable bonds is 6.